The molecule has 0 radical (unpaired) electrons. The minimum Gasteiger partial charge on any atom is -0.322 e. The fourth-order valence-electron chi connectivity index (χ4n) is 2.24. The molecule has 0 aliphatic heterocycles. The van der Waals surface area contributed by atoms with Gasteiger partial charge in [0.05, 0.1) is 0 Å². The van der Waals surface area contributed by atoms with Gasteiger partial charge in [0, 0.05) is 29.6 Å². The van der Waals surface area contributed by atoms with E-state index in [1.165, 1.54) is 0 Å². The molecule has 2 aromatic rings. The van der Waals surface area contributed by atoms with Crippen LogP contribution in [-0.2, 0) is 0 Å². The Morgan fingerprint density at radius 3 is 2.45 bits per heavy atom. The van der Waals surface area contributed by atoms with Crippen molar-refractivity contribution in [3.63, 3.8) is 0 Å². The van der Waals surface area contributed by atoms with Gasteiger partial charge in [-0.05, 0) is 23.8 Å². The van der Waals surface area contributed by atoms with Crippen LogP contribution in [0.5, 0.6) is 0 Å². The molecule has 1 amide bonds. The lowest BCUT2D eigenvalue weighted by molar-refractivity contribution is 0.102. The third-order valence-electron chi connectivity index (χ3n) is 3.26. The molecule has 0 spiro atoms. The molecule has 3 rings (SSSR count). The topological polar surface area (TPSA) is 42.0 Å². The first kappa shape index (κ1) is 12.4. The summed E-state index contributed by atoms with van der Waals surface area (Å²) < 4.78 is 0. The minimum atomic E-state index is -0.120. The van der Waals surface area contributed by atoms with Crippen molar-refractivity contribution >= 4 is 11.6 Å². The Labute approximate surface area is 117 Å². The molecule has 3 nitrogen and oxygen atoms in total. The number of benzene rings is 1. The molecule has 0 fully saturated rings. The number of para-hydroxylation sites is 1. The van der Waals surface area contributed by atoms with Gasteiger partial charge in [0.15, 0.2) is 0 Å². The van der Waals surface area contributed by atoms with E-state index in [4.69, 9.17) is 0 Å². The van der Waals surface area contributed by atoms with Gasteiger partial charge in [0.1, 0.15) is 0 Å². The highest BCUT2D eigenvalue weighted by Crippen LogP contribution is 2.29. The number of hydrogen-bond acceptors (Lipinski definition) is 2. The Balaban J connectivity index is 1.86. The number of allylic oxidation sites excluding steroid dienone is 4. The lowest BCUT2D eigenvalue weighted by Gasteiger charge is -2.14. The zero-order valence-corrected chi connectivity index (χ0v) is 10.9. The highest BCUT2D eigenvalue weighted by atomic mass is 16.1. The van der Waals surface area contributed by atoms with Crippen LogP contribution >= 0.6 is 0 Å². The molecule has 20 heavy (non-hydrogen) atoms. The van der Waals surface area contributed by atoms with Crippen molar-refractivity contribution in [3.05, 3.63) is 84.2 Å². The molecular weight excluding hydrogens is 248 g/mol. The molecule has 0 bridgehead atoms. The summed E-state index contributed by atoms with van der Waals surface area (Å²) in [4.78, 5) is 16.1. The molecule has 1 aromatic carbocycles. The van der Waals surface area contributed by atoms with Gasteiger partial charge in [-0.25, -0.2) is 0 Å². The first-order valence-corrected chi connectivity index (χ1v) is 6.50. The van der Waals surface area contributed by atoms with E-state index in [1.54, 1.807) is 24.5 Å². The van der Waals surface area contributed by atoms with Crippen molar-refractivity contribution in [2.24, 2.45) is 0 Å². The summed E-state index contributed by atoms with van der Waals surface area (Å²) in [6.07, 6.45) is 11.5. The lowest BCUT2D eigenvalue weighted by Crippen LogP contribution is -2.13. The van der Waals surface area contributed by atoms with E-state index < -0.39 is 0 Å². The van der Waals surface area contributed by atoms with E-state index >= 15 is 0 Å². The average molecular weight is 262 g/mol. The van der Waals surface area contributed by atoms with Crippen LogP contribution in [0, 0.1) is 0 Å². The monoisotopic (exact) mass is 262 g/mol. The Bertz CT molecular complexity index is 662. The van der Waals surface area contributed by atoms with Crippen LogP contribution in [-0.4, -0.2) is 10.9 Å². The van der Waals surface area contributed by atoms with Crippen LogP contribution in [0.3, 0.4) is 0 Å². The second kappa shape index (κ2) is 5.53. The third-order valence-corrected chi connectivity index (χ3v) is 3.26. The number of carbonyl (C=O) groups is 1. The van der Waals surface area contributed by atoms with E-state index in [-0.39, 0.29) is 11.8 Å². The van der Waals surface area contributed by atoms with Crippen molar-refractivity contribution in [3.8, 4) is 0 Å². The Morgan fingerprint density at radius 1 is 1.00 bits per heavy atom. The number of rotatable bonds is 3. The minimum absolute atomic E-state index is 0.120. The summed E-state index contributed by atoms with van der Waals surface area (Å²) in [6, 6.07) is 11.3. The molecule has 98 valence electrons. The molecule has 0 saturated carbocycles. The van der Waals surface area contributed by atoms with E-state index in [9.17, 15) is 4.79 Å². The smallest absolute Gasteiger partial charge is 0.255 e. The lowest BCUT2D eigenvalue weighted by atomic mass is 9.99. The highest BCUT2D eigenvalue weighted by molar-refractivity contribution is 6.04. The van der Waals surface area contributed by atoms with Gasteiger partial charge in [0.2, 0.25) is 0 Å². The fourth-order valence-corrected chi connectivity index (χ4v) is 2.24. The third kappa shape index (κ3) is 2.52. The molecule has 1 aromatic heterocycles. The molecule has 1 aliphatic rings. The molecule has 3 heteroatoms. The second-order valence-corrected chi connectivity index (χ2v) is 4.57. The number of amides is 1. The maximum Gasteiger partial charge on any atom is 0.255 e. The normalized spacial score (nSPS) is 13.6. The number of aromatic nitrogens is 1. The average Bonchev–Trinajstić information content (AvgIpc) is 3.03. The predicted octanol–water partition coefficient (Wildman–Crippen LogP) is 3.54. The van der Waals surface area contributed by atoms with Crippen LogP contribution in [0.1, 0.15) is 21.8 Å². The summed E-state index contributed by atoms with van der Waals surface area (Å²) in [5.41, 5.74) is 2.54. The van der Waals surface area contributed by atoms with E-state index in [1.807, 2.05) is 36.4 Å². The summed E-state index contributed by atoms with van der Waals surface area (Å²) in [5.74, 6) is 0.106. The Kier molecular flexibility index (Phi) is 3.42. The molecule has 1 heterocycles. The van der Waals surface area contributed by atoms with Crippen molar-refractivity contribution in [2.45, 2.75) is 5.92 Å². The molecule has 1 N–H and O–H groups in total. The molecule has 1 aliphatic carbocycles. The number of pyridine rings is 1. The van der Waals surface area contributed by atoms with Crippen molar-refractivity contribution in [1.82, 2.24) is 4.98 Å². The SMILES string of the molecule is O=C(Nc1ccccc1C1C=CC=C1)c1ccncc1. The standard InChI is InChI=1S/C17H14N2O/c20-17(14-9-11-18-12-10-14)19-16-8-4-3-7-15(16)13-5-1-2-6-13/h1-13H,(H,19,20). The molecule has 0 saturated heterocycles. The van der Waals surface area contributed by atoms with Crippen LogP contribution in [0.4, 0.5) is 5.69 Å². The van der Waals surface area contributed by atoms with Gasteiger partial charge >= 0.3 is 0 Å². The quantitative estimate of drug-likeness (QED) is 0.919. The molecular formula is C17H14N2O. The largest absolute Gasteiger partial charge is 0.322 e. The van der Waals surface area contributed by atoms with E-state index in [0.717, 1.165) is 11.3 Å². The number of nitrogens with zero attached hydrogens (tertiary/aromatic N) is 1. The zero-order chi connectivity index (χ0) is 13.8. The molecule has 0 atom stereocenters. The van der Waals surface area contributed by atoms with Gasteiger partial charge < -0.3 is 5.32 Å². The van der Waals surface area contributed by atoms with Crippen molar-refractivity contribution in [2.75, 3.05) is 5.32 Å². The summed E-state index contributed by atoms with van der Waals surface area (Å²) >= 11 is 0. The molecule has 0 unspecified atom stereocenters. The summed E-state index contributed by atoms with van der Waals surface area (Å²) in [5, 5.41) is 2.97. The van der Waals surface area contributed by atoms with Crippen LogP contribution in [0.25, 0.3) is 0 Å². The Hall–Kier alpha value is -2.68. The van der Waals surface area contributed by atoms with Crippen LogP contribution in [0.15, 0.2) is 73.1 Å². The van der Waals surface area contributed by atoms with Gasteiger partial charge in [-0.3, -0.25) is 9.78 Å². The fraction of sp³-hybridized carbons (Fsp3) is 0.0588. The first-order chi connectivity index (χ1) is 9.84. The summed E-state index contributed by atoms with van der Waals surface area (Å²) in [6.45, 7) is 0. The summed E-state index contributed by atoms with van der Waals surface area (Å²) in [7, 11) is 0. The number of carbonyl (C=O) groups excluding carboxylic acids is 1. The van der Waals surface area contributed by atoms with E-state index in [2.05, 4.69) is 22.5 Å². The zero-order valence-electron chi connectivity index (χ0n) is 10.9. The van der Waals surface area contributed by atoms with Gasteiger partial charge in [0.25, 0.3) is 5.91 Å². The number of hydrogen-bond donors (Lipinski definition) is 1. The predicted molar refractivity (Wildman–Crippen MR) is 79.7 cm³/mol. The van der Waals surface area contributed by atoms with Crippen LogP contribution < -0.4 is 5.32 Å². The second-order valence-electron chi connectivity index (χ2n) is 4.57. The van der Waals surface area contributed by atoms with Crippen molar-refractivity contribution < 1.29 is 4.79 Å². The highest BCUT2D eigenvalue weighted by Gasteiger charge is 2.14. The number of anilines is 1. The maximum atomic E-state index is 12.2. The number of nitrogens with one attached hydrogen (secondary N) is 1. The Morgan fingerprint density at radius 2 is 1.70 bits per heavy atom. The van der Waals surface area contributed by atoms with E-state index in [0.29, 0.717) is 5.56 Å². The van der Waals surface area contributed by atoms with Gasteiger partial charge in [-0.15, -0.1) is 0 Å². The van der Waals surface area contributed by atoms with Crippen molar-refractivity contribution in [1.29, 1.82) is 0 Å². The van der Waals surface area contributed by atoms with Crippen LogP contribution in [0.2, 0.25) is 0 Å². The first-order valence-electron chi connectivity index (χ1n) is 6.50. The van der Waals surface area contributed by atoms with Gasteiger partial charge in [-0.2, -0.15) is 0 Å². The van der Waals surface area contributed by atoms with Gasteiger partial charge in [-0.1, -0.05) is 42.5 Å². The maximum absolute atomic E-state index is 12.2.